The van der Waals surface area contributed by atoms with Crippen LogP contribution >= 0.6 is 0 Å². The van der Waals surface area contributed by atoms with Gasteiger partial charge < -0.3 is 24.6 Å². The Hall–Kier alpha value is -2.44. The molecule has 0 aliphatic rings. The summed E-state index contributed by atoms with van der Waals surface area (Å²) < 4.78 is 15.6. The van der Waals surface area contributed by atoms with Crippen LogP contribution in [-0.4, -0.2) is 43.9 Å². The van der Waals surface area contributed by atoms with Crippen molar-refractivity contribution in [3.05, 3.63) is 17.7 Å². The van der Waals surface area contributed by atoms with E-state index in [9.17, 15) is 14.7 Å². The third-order valence-electron chi connectivity index (χ3n) is 3.54. The fourth-order valence-corrected chi connectivity index (χ4v) is 2.26. The molecule has 1 aromatic carbocycles. The highest BCUT2D eigenvalue weighted by atomic mass is 16.5. The van der Waals surface area contributed by atoms with Gasteiger partial charge in [0.15, 0.2) is 11.5 Å². The summed E-state index contributed by atoms with van der Waals surface area (Å²) in [4.78, 5) is 23.9. The van der Waals surface area contributed by atoms with E-state index in [0.29, 0.717) is 30.1 Å². The van der Waals surface area contributed by atoms with Crippen LogP contribution in [0.25, 0.3) is 0 Å². The lowest BCUT2D eigenvalue weighted by Gasteiger charge is -2.26. The van der Waals surface area contributed by atoms with Crippen molar-refractivity contribution in [3.63, 3.8) is 0 Å². The SMILES string of the molecule is CCCC(C)(NC(=O)c1cc(OC)c(OC)c(OC)c1)C(=O)O. The number of aliphatic carboxylic acids is 1. The molecule has 0 spiro atoms. The number of hydrogen-bond acceptors (Lipinski definition) is 5. The van der Waals surface area contributed by atoms with Gasteiger partial charge in [-0.3, -0.25) is 4.79 Å². The number of carboxylic acid groups (broad SMARTS) is 1. The van der Waals surface area contributed by atoms with Crippen LogP contribution in [0.4, 0.5) is 0 Å². The molecule has 0 heterocycles. The number of ether oxygens (including phenoxy) is 3. The smallest absolute Gasteiger partial charge is 0.329 e. The zero-order valence-corrected chi connectivity index (χ0v) is 14.1. The molecule has 1 aromatic rings. The van der Waals surface area contributed by atoms with Crippen LogP contribution in [-0.2, 0) is 4.79 Å². The molecule has 128 valence electrons. The van der Waals surface area contributed by atoms with Gasteiger partial charge in [-0.05, 0) is 25.5 Å². The van der Waals surface area contributed by atoms with E-state index in [-0.39, 0.29) is 5.56 Å². The monoisotopic (exact) mass is 325 g/mol. The van der Waals surface area contributed by atoms with Crippen molar-refractivity contribution in [1.29, 1.82) is 0 Å². The van der Waals surface area contributed by atoms with Gasteiger partial charge in [0.1, 0.15) is 5.54 Å². The molecule has 1 amide bonds. The number of hydrogen-bond donors (Lipinski definition) is 2. The van der Waals surface area contributed by atoms with Gasteiger partial charge in [0.25, 0.3) is 5.91 Å². The summed E-state index contributed by atoms with van der Waals surface area (Å²) in [5, 5.41) is 11.9. The molecule has 7 heteroatoms. The predicted molar refractivity (Wildman–Crippen MR) is 84.5 cm³/mol. The molecule has 1 rings (SSSR count). The van der Waals surface area contributed by atoms with E-state index < -0.39 is 17.4 Å². The van der Waals surface area contributed by atoms with E-state index in [4.69, 9.17) is 14.2 Å². The summed E-state index contributed by atoms with van der Waals surface area (Å²) in [6.45, 7) is 3.33. The summed E-state index contributed by atoms with van der Waals surface area (Å²) in [7, 11) is 4.34. The quantitative estimate of drug-likeness (QED) is 0.760. The van der Waals surface area contributed by atoms with Gasteiger partial charge in [0.2, 0.25) is 5.75 Å². The minimum atomic E-state index is -1.34. The molecule has 0 saturated heterocycles. The number of amides is 1. The molecule has 0 bridgehead atoms. The number of carbonyl (C=O) groups is 2. The first-order valence-electron chi connectivity index (χ1n) is 7.18. The Morgan fingerprint density at radius 3 is 2.00 bits per heavy atom. The molecule has 0 radical (unpaired) electrons. The molecule has 1 unspecified atom stereocenters. The topological polar surface area (TPSA) is 94.1 Å². The molecule has 23 heavy (non-hydrogen) atoms. The van der Waals surface area contributed by atoms with E-state index in [2.05, 4.69) is 5.32 Å². The third-order valence-corrected chi connectivity index (χ3v) is 3.54. The Morgan fingerprint density at radius 1 is 1.13 bits per heavy atom. The van der Waals surface area contributed by atoms with Crippen molar-refractivity contribution in [2.75, 3.05) is 21.3 Å². The van der Waals surface area contributed by atoms with Crippen molar-refractivity contribution >= 4 is 11.9 Å². The van der Waals surface area contributed by atoms with Crippen molar-refractivity contribution in [2.24, 2.45) is 0 Å². The van der Waals surface area contributed by atoms with Crippen LogP contribution in [0.5, 0.6) is 17.2 Å². The van der Waals surface area contributed by atoms with Gasteiger partial charge in [-0.1, -0.05) is 13.3 Å². The van der Waals surface area contributed by atoms with Crippen molar-refractivity contribution in [2.45, 2.75) is 32.2 Å². The van der Waals surface area contributed by atoms with E-state index in [1.165, 1.54) is 40.4 Å². The van der Waals surface area contributed by atoms with E-state index in [1.807, 2.05) is 6.92 Å². The number of carboxylic acids is 1. The van der Waals surface area contributed by atoms with Crippen LogP contribution in [0.3, 0.4) is 0 Å². The molecule has 0 aliphatic heterocycles. The van der Waals surface area contributed by atoms with Crippen LogP contribution < -0.4 is 19.5 Å². The van der Waals surface area contributed by atoms with Crippen LogP contribution in [0, 0.1) is 0 Å². The van der Waals surface area contributed by atoms with Crippen LogP contribution in [0.2, 0.25) is 0 Å². The van der Waals surface area contributed by atoms with Gasteiger partial charge in [-0.2, -0.15) is 0 Å². The third kappa shape index (κ3) is 4.06. The number of benzene rings is 1. The number of rotatable bonds is 8. The lowest BCUT2D eigenvalue weighted by molar-refractivity contribution is -0.144. The summed E-state index contributed by atoms with van der Waals surface area (Å²) in [6.07, 6.45) is 0.941. The second-order valence-corrected chi connectivity index (χ2v) is 5.26. The molecule has 2 N–H and O–H groups in total. The second-order valence-electron chi connectivity index (χ2n) is 5.26. The van der Waals surface area contributed by atoms with Gasteiger partial charge in [-0.25, -0.2) is 4.79 Å². The molecule has 1 atom stereocenters. The highest BCUT2D eigenvalue weighted by molar-refractivity contribution is 5.98. The van der Waals surface area contributed by atoms with E-state index in [1.54, 1.807) is 0 Å². The molecule has 0 aromatic heterocycles. The highest BCUT2D eigenvalue weighted by Gasteiger charge is 2.34. The largest absolute Gasteiger partial charge is 0.493 e. The average molecular weight is 325 g/mol. The second kappa shape index (κ2) is 7.71. The standard InChI is InChI=1S/C16H23NO6/c1-6-7-16(2,15(19)20)17-14(18)10-8-11(21-3)13(23-5)12(9-10)22-4/h8-9H,6-7H2,1-5H3,(H,17,18)(H,19,20). The van der Waals surface area contributed by atoms with Crippen molar-refractivity contribution < 1.29 is 28.9 Å². The van der Waals surface area contributed by atoms with Gasteiger partial charge in [0, 0.05) is 5.56 Å². The Kier molecular flexibility index (Phi) is 6.24. The van der Waals surface area contributed by atoms with E-state index in [0.717, 1.165) is 0 Å². The zero-order valence-electron chi connectivity index (χ0n) is 14.1. The minimum absolute atomic E-state index is 0.225. The maximum Gasteiger partial charge on any atom is 0.329 e. The minimum Gasteiger partial charge on any atom is -0.493 e. The summed E-state index contributed by atoms with van der Waals surface area (Å²) in [6, 6.07) is 2.95. The molecular formula is C16H23NO6. The predicted octanol–water partition coefficient (Wildman–Crippen LogP) is 2.09. The fraction of sp³-hybridized carbons (Fsp3) is 0.500. The first kappa shape index (κ1) is 18.6. The number of nitrogens with one attached hydrogen (secondary N) is 1. The Morgan fingerprint density at radius 2 is 1.65 bits per heavy atom. The molecular weight excluding hydrogens is 302 g/mol. The van der Waals surface area contributed by atoms with Crippen LogP contribution in [0.1, 0.15) is 37.0 Å². The average Bonchev–Trinajstić information content (AvgIpc) is 2.53. The van der Waals surface area contributed by atoms with Crippen molar-refractivity contribution in [1.82, 2.24) is 5.32 Å². The normalized spacial score (nSPS) is 12.9. The maximum atomic E-state index is 12.4. The lowest BCUT2D eigenvalue weighted by Crippen LogP contribution is -2.52. The fourth-order valence-electron chi connectivity index (χ4n) is 2.26. The maximum absolute atomic E-state index is 12.4. The molecule has 0 aliphatic carbocycles. The van der Waals surface area contributed by atoms with Gasteiger partial charge >= 0.3 is 5.97 Å². The Labute approximate surface area is 135 Å². The summed E-state index contributed by atoms with van der Waals surface area (Å²) in [5.74, 6) is -0.599. The van der Waals surface area contributed by atoms with Gasteiger partial charge in [-0.15, -0.1) is 0 Å². The summed E-state index contributed by atoms with van der Waals surface area (Å²) in [5.41, 5.74) is -1.12. The molecule has 0 saturated carbocycles. The Balaban J connectivity index is 3.20. The van der Waals surface area contributed by atoms with E-state index >= 15 is 0 Å². The van der Waals surface area contributed by atoms with Gasteiger partial charge in [0.05, 0.1) is 21.3 Å². The lowest BCUT2D eigenvalue weighted by atomic mass is 9.95. The number of methoxy groups -OCH3 is 3. The zero-order chi connectivity index (χ0) is 17.6. The summed E-state index contributed by atoms with van der Waals surface area (Å²) >= 11 is 0. The number of carbonyl (C=O) groups excluding carboxylic acids is 1. The first-order chi connectivity index (χ1) is 10.8. The van der Waals surface area contributed by atoms with Crippen molar-refractivity contribution in [3.8, 4) is 17.2 Å². The van der Waals surface area contributed by atoms with Crippen LogP contribution in [0.15, 0.2) is 12.1 Å². The molecule has 7 nitrogen and oxygen atoms in total. The molecule has 0 fully saturated rings. The first-order valence-corrected chi connectivity index (χ1v) is 7.18. The highest BCUT2D eigenvalue weighted by Crippen LogP contribution is 2.38. The Bertz CT molecular complexity index is 561.